The van der Waals surface area contributed by atoms with E-state index in [1.54, 1.807) is 24.3 Å². The topological polar surface area (TPSA) is 20.2 Å². The lowest BCUT2D eigenvalue weighted by atomic mass is 10.1. The zero-order chi connectivity index (χ0) is 8.27. The Labute approximate surface area is 70.9 Å². The molecule has 0 radical (unpaired) electrons. The van der Waals surface area contributed by atoms with Crippen molar-refractivity contribution >= 4 is 11.6 Å². The summed E-state index contributed by atoms with van der Waals surface area (Å²) in [6.45, 7) is 3.57. The summed E-state index contributed by atoms with van der Waals surface area (Å²) in [4.78, 5) is 0. The van der Waals surface area contributed by atoms with Gasteiger partial charge in [0.1, 0.15) is 5.75 Å². The predicted octanol–water partition coefficient (Wildman–Crippen LogP) is 2.77. The van der Waals surface area contributed by atoms with Crippen LogP contribution in [0, 0.1) is 0 Å². The van der Waals surface area contributed by atoms with Gasteiger partial charge in [-0.15, -0.1) is 6.58 Å². The van der Waals surface area contributed by atoms with E-state index in [2.05, 4.69) is 6.58 Å². The number of hydrogen-bond acceptors (Lipinski definition) is 1. The third kappa shape index (κ3) is 1.75. The molecule has 1 rings (SSSR count). The van der Waals surface area contributed by atoms with Crippen LogP contribution in [0.2, 0.25) is 5.02 Å². The van der Waals surface area contributed by atoms with E-state index in [1.807, 2.05) is 0 Å². The summed E-state index contributed by atoms with van der Waals surface area (Å²) in [5, 5.41) is 9.88. The van der Waals surface area contributed by atoms with Crippen LogP contribution in [0.3, 0.4) is 0 Å². The molecule has 1 N–H and O–H groups in total. The predicted molar refractivity (Wildman–Crippen MR) is 47.0 cm³/mol. The maximum atomic E-state index is 9.29. The van der Waals surface area contributed by atoms with Gasteiger partial charge in [0.25, 0.3) is 0 Å². The fraction of sp³-hybridized carbons (Fsp3) is 0.111. The summed E-state index contributed by atoms with van der Waals surface area (Å²) in [7, 11) is 0. The number of allylic oxidation sites excluding steroid dienone is 1. The van der Waals surface area contributed by atoms with Gasteiger partial charge in [-0.25, -0.2) is 0 Å². The molecule has 11 heavy (non-hydrogen) atoms. The van der Waals surface area contributed by atoms with Gasteiger partial charge in [0.2, 0.25) is 0 Å². The van der Waals surface area contributed by atoms with Crippen molar-refractivity contribution in [1.82, 2.24) is 0 Å². The molecular formula is C9H9ClO. The van der Waals surface area contributed by atoms with E-state index in [1.165, 1.54) is 0 Å². The van der Waals surface area contributed by atoms with Gasteiger partial charge < -0.3 is 5.11 Å². The van der Waals surface area contributed by atoms with Gasteiger partial charge in [-0.3, -0.25) is 0 Å². The Balaban J connectivity index is 3.09. The summed E-state index contributed by atoms with van der Waals surface area (Å²) >= 11 is 5.80. The number of benzene rings is 1. The van der Waals surface area contributed by atoms with E-state index in [0.717, 1.165) is 5.56 Å². The minimum absolute atomic E-state index is 0.234. The van der Waals surface area contributed by atoms with Gasteiger partial charge in [0.15, 0.2) is 0 Å². The zero-order valence-corrected chi connectivity index (χ0v) is 6.80. The molecule has 2 heteroatoms. The second kappa shape index (κ2) is 3.44. The maximum Gasteiger partial charge on any atom is 0.120 e. The smallest absolute Gasteiger partial charge is 0.120 e. The van der Waals surface area contributed by atoms with Crippen LogP contribution in [-0.4, -0.2) is 5.11 Å². The Hall–Kier alpha value is -0.950. The summed E-state index contributed by atoms with van der Waals surface area (Å²) < 4.78 is 0. The molecule has 0 aliphatic carbocycles. The Morgan fingerprint density at radius 3 is 2.82 bits per heavy atom. The van der Waals surface area contributed by atoms with E-state index in [0.29, 0.717) is 11.4 Å². The van der Waals surface area contributed by atoms with Gasteiger partial charge in [-0.05, 0) is 18.6 Å². The molecule has 0 amide bonds. The second-order valence-corrected chi connectivity index (χ2v) is 2.64. The van der Waals surface area contributed by atoms with Crippen LogP contribution >= 0.6 is 11.6 Å². The molecule has 0 saturated carbocycles. The van der Waals surface area contributed by atoms with E-state index >= 15 is 0 Å². The van der Waals surface area contributed by atoms with Crippen LogP contribution in [0.25, 0.3) is 0 Å². The molecule has 0 aliphatic rings. The zero-order valence-electron chi connectivity index (χ0n) is 6.05. The van der Waals surface area contributed by atoms with Gasteiger partial charge in [-0.2, -0.15) is 0 Å². The van der Waals surface area contributed by atoms with Crippen molar-refractivity contribution in [1.29, 1.82) is 0 Å². The standard InChI is InChI=1S/C9H9ClO/c1-2-4-7-8(10)5-3-6-9(7)11/h2-3,5-6,11H,1,4H2. The Morgan fingerprint density at radius 2 is 2.27 bits per heavy atom. The quantitative estimate of drug-likeness (QED) is 0.674. The third-order valence-electron chi connectivity index (χ3n) is 1.44. The van der Waals surface area contributed by atoms with E-state index in [-0.39, 0.29) is 5.75 Å². The minimum atomic E-state index is 0.234. The van der Waals surface area contributed by atoms with Crippen molar-refractivity contribution in [3.63, 3.8) is 0 Å². The van der Waals surface area contributed by atoms with Gasteiger partial charge in [-0.1, -0.05) is 23.7 Å². The van der Waals surface area contributed by atoms with Crippen LogP contribution in [0.1, 0.15) is 5.56 Å². The molecule has 0 spiro atoms. The number of phenols is 1. The molecular weight excluding hydrogens is 160 g/mol. The Morgan fingerprint density at radius 1 is 1.55 bits per heavy atom. The maximum absolute atomic E-state index is 9.29. The summed E-state index contributed by atoms with van der Waals surface area (Å²) in [5.74, 6) is 0.234. The molecule has 0 unspecified atom stereocenters. The van der Waals surface area contributed by atoms with Crippen LogP contribution in [0.5, 0.6) is 5.75 Å². The lowest BCUT2D eigenvalue weighted by Gasteiger charge is -2.02. The highest BCUT2D eigenvalue weighted by molar-refractivity contribution is 6.31. The van der Waals surface area contributed by atoms with Crippen LogP contribution in [0.15, 0.2) is 30.9 Å². The fourth-order valence-electron chi connectivity index (χ4n) is 0.894. The highest BCUT2D eigenvalue weighted by Gasteiger charge is 2.02. The molecule has 1 aromatic rings. The minimum Gasteiger partial charge on any atom is -0.508 e. The number of phenolic OH excluding ortho intramolecular Hbond substituents is 1. The molecule has 0 heterocycles. The molecule has 0 aliphatic heterocycles. The highest BCUT2D eigenvalue weighted by atomic mass is 35.5. The molecule has 1 nitrogen and oxygen atoms in total. The lowest BCUT2D eigenvalue weighted by molar-refractivity contribution is 0.470. The first kappa shape index (κ1) is 8.15. The van der Waals surface area contributed by atoms with Crippen molar-refractivity contribution in [2.24, 2.45) is 0 Å². The van der Waals surface area contributed by atoms with Gasteiger partial charge >= 0.3 is 0 Å². The molecule has 0 fully saturated rings. The van der Waals surface area contributed by atoms with Crippen molar-refractivity contribution in [2.45, 2.75) is 6.42 Å². The molecule has 0 saturated heterocycles. The molecule has 0 atom stereocenters. The third-order valence-corrected chi connectivity index (χ3v) is 1.80. The first-order valence-electron chi connectivity index (χ1n) is 3.33. The normalized spacial score (nSPS) is 9.55. The van der Waals surface area contributed by atoms with Gasteiger partial charge in [0.05, 0.1) is 0 Å². The van der Waals surface area contributed by atoms with Crippen LogP contribution < -0.4 is 0 Å². The Bertz CT molecular complexity index is 248. The fourth-order valence-corrected chi connectivity index (χ4v) is 1.14. The first-order chi connectivity index (χ1) is 5.25. The van der Waals surface area contributed by atoms with Crippen LogP contribution in [-0.2, 0) is 6.42 Å². The van der Waals surface area contributed by atoms with Crippen molar-refractivity contribution in [3.8, 4) is 5.75 Å². The van der Waals surface area contributed by atoms with Crippen molar-refractivity contribution in [3.05, 3.63) is 41.4 Å². The largest absolute Gasteiger partial charge is 0.508 e. The summed E-state index contributed by atoms with van der Waals surface area (Å²) in [6.07, 6.45) is 2.31. The molecule has 58 valence electrons. The summed E-state index contributed by atoms with van der Waals surface area (Å²) in [6, 6.07) is 5.08. The number of halogens is 1. The monoisotopic (exact) mass is 168 g/mol. The first-order valence-corrected chi connectivity index (χ1v) is 3.70. The molecule has 0 bridgehead atoms. The lowest BCUT2D eigenvalue weighted by Crippen LogP contribution is -1.82. The van der Waals surface area contributed by atoms with Crippen molar-refractivity contribution < 1.29 is 5.11 Å². The van der Waals surface area contributed by atoms with E-state index in [4.69, 9.17) is 11.6 Å². The Kier molecular flexibility index (Phi) is 2.55. The summed E-state index contributed by atoms with van der Waals surface area (Å²) in [5.41, 5.74) is 0.740. The average Bonchev–Trinajstić information content (AvgIpc) is 1.97. The number of hydrogen-bond donors (Lipinski definition) is 1. The molecule has 1 aromatic carbocycles. The highest BCUT2D eigenvalue weighted by Crippen LogP contribution is 2.25. The number of rotatable bonds is 2. The van der Waals surface area contributed by atoms with E-state index in [9.17, 15) is 5.11 Å². The second-order valence-electron chi connectivity index (χ2n) is 2.23. The van der Waals surface area contributed by atoms with E-state index < -0.39 is 0 Å². The van der Waals surface area contributed by atoms with Crippen LogP contribution in [0.4, 0.5) is 0 Å². The average molecular weight is 169 g/mol. The van der Waals surface area contributed by atoms with Crippen molar-refractivity contribution in [2.75, 3.05) is 0 Å². The van der Waals surface area contributed by atoms with Gasteiger partial charge in [0, 0.05) is 10.6 Å². The number of aromatic hydroxyl groups is 1. The SMILES string of the molecule is C=CCc1c(O)cccc1Cl. The molecule has 0 aromatic heterocycles.